The van der Waals surface area contributed by atoms with Gasteiger partial charge in [0.2, 0.25) is 0 Å². The molecule has 2 aliphatic carbocycles. The Hall–Kier alpha value is -0.330. The van der Waals surface area contributed by atoms with Crippen molar-refractivity contribution in [1.29, 1.82) is 0 Å². The first-order valence-electron chi connectivity index (χ1n) is 7.94. The molecule has 2 unspecified atom stereocenters. The second kappa shape index (κ2) is 5.10. The molecule has 1 aliphatic heterocycles. The number of piperazine rings is 1. The van der Waals surface area contributed by atoms with Crippen molar-refractivity contribution in [2.75, 3.05) is 26.2 Å². The second-order valence-electron chi connectivity index (χ2n) is 7.39. The fraction of sp³-hybridized carbons (Fsp3) is 1.00. The largest absolute Gasteiger partial charge is 0.522 e. The van der Waals surface area contributed by atoms with Crippen molar-refractivity contribution < 1.29 is 17.9 Å². The maximum atomic E-state index is 12.2. The van der Waals surface area contributed by atoms with Crippen molar-refractivity contribution in [3.05, 3.63) is 0 Å². The van der Waals surface area contributed by atoms with Crippen molar-refractivity contribution in [1.82, 2.24) is 10.2 Å². The predicted molar refractivity (Wildman–Crippen MR) is 73.8 cm³/mol. The zero-order chi connectivity index (χ0) is 15.3. The Labute approximate surface area is 124 Å². The predicted octanol–water partition coefficient (Wildman–Crippen LogP) is 2.77. The van der Waals surface area contributed by atoms with E-state index in [4.69, 9.17) is 0 Å². The molecule has 3 aliphatic rings. The van der Waals surface area contributed by atoms with Crippen LogP contribution in [0.25, 0.3) is 0 Å². The molecule has 6 heteroatoms. The number of alkyl halides is 3. The number of nitrogens with one attached hydrogen (secondary N) is 1. The average Bonchev–Trinajstić information content (AvgIpc) is 3.25. The second-order valence-corrected chi connectivity index (χ2v) is 7.39. The van der Waals surface area contributed by atoms with Crippen LogP contribution >= 0.6 is 0 Å². The Bertz CT molecular complexity index is 395. The molecule has 3 fully saturated rings. The highest BCUT2D eigenvalue weighted by Crippen LogP contribution is 2.48. The molecule has 1 saturated heterocycles. The van der Waals surface area contributed by atoms with E-state index in [0.29, 0.717) is 18.4 Å². The van der Waals surface area contributed by atoms with Crippen LogP contribution in [-0.4, -0.2) is 48.6 Å². The van der Waals surface area contributed by atoms with Gasteiger partial charge in [-0.05, 0) is 51.4 Å². The molecule has 0 spiro atoms. The molecule has 3 nitrogen and oxygen atoms in total. The third kappa shape index (κ3) is 3.37. The number of ether oxygens (including phenoxy) is 1. The Morgan fingerprint density at radius 1 is 1.14 bits per heavy atom. The molecule has 122 valence electrons. The van der Waals surface area contributed by atoms with Gasteiger partial charge in [-0.2, -0.15) is 0 Å². The van der Waals surface area contributed by atoms with E-state index in [2.05, 4.69) is 28.8 Å². The smallest absolute Gasteiger partial charge is 0.308 e. The van der Waals surface area contributed by atoms with Crippen LogP contribution in [0.5, 0.6) is 0 Å². The van der Waals surface area contributed by atoms with E-state index in [-0.39, 0.29) is 17.7 Å². The zero-order valence-corrected chi connectivity index (χ0v) is 12.8. The highest BCUT2D eigenvalue weighted by atomic mass is 19.4. The summed E-state index contributed by atoms with van der Waals surface area (Å²) in [4.78, 5) is 2.26. The fourth-order valence-electron chi connectivity index (χ4n) is 3.83. The minimum atomic E-state index is -4.52. The Morgan fingerprint density at radius 3 is 2.29 bits per heavy atom. The van der Waals surface area contributed by atoms with Gasteiger partial charge in [-0.1, -0.05) is 0 Å². The molecule has 0 radical (unpaired) electrons. The van der Waals surface area contributed by atoms with E-state index in [1.807, 2.05) is 0 Å². The molecule has 21 heavy (non-hydrogen) atoms. The lowest BCUT2D eigenvalue weighted by Crippen LogP contribution is -2.70. The molecule has 1 heterocycles. The van der Waals surface area contributed by atoms with Crippen LogP contribution in [0.2, 0.25) is 0 Å². The topological polar surface area (TPSA) is 24.5 Å². The summed E-state index contributed by atoms with van der Waals surface area (Å²) in [5, 5.41) is 3.70. The number of halogens is 3. The molecule has 2 saturated carbocycles. The fourth-order valence-corrected chi connectivity index (χ4v) is 3.83. The standard InChI is InChI=1S/C15H25F3N2O/c1-13(11-3-4-11)10-20(7-8-21-15(16,17)18)14(2,9-19-13)12-5-6-12/h11-12,19H,3-10H2,1-2H3. The molecule has 2 atom stereocenters. The monoisotopic (exact) mass is 306 g/mol. The van der Waals surface area contributed by atoms with Crippen LogP contribution < -0.4 is 5.32 Å². The first kappa shape index (κ1) is 15.6. The van der Waals surface area contributed by atoms with Crippen LogP contribution in [0.3, 0.4) is 0 Å². The van der Waals surface area contributed by atoms with Gasteiger partial charge in [0.05, 0.1) is 6.61 Å². The van der Waals surface area contributed by atoms with Gasteiger partial charge in [0, 0.05) is 30.7 Å². The van der Waals surface area contributed by atoms with Crippen LogP contribution in [0.15, 0.2) is 0 Å². The lowest BCUT2D eigenvalue weighted by atomic mass is 9.83. The summed E-state index contributed by atoms with van der Waals surface area (Å²) in [5.74, 6) is 1.28. The lowest BCUT2D eigenvalue weighted by Gasteiger charge is -2.53. The molecule has 0 aromatic heterocycles. The molecule has 0 bridgehead atoms. The van der Waals surface area contributed by atoms with Crippen molar-refractivity contribution in [2.24, 2.45) is 11.8 Å². The van der Waals surface area contributed by atoms with Crippen LogP contribution in [-0.2, 0) is 4.74 Å². The van der Waals surface area contributed by atoms with Crippen molar-refractivity contribution in [3.63, 3.8) is 0 Å². The summed E-state index contributed by atoms with van der Waals surface area (Å²) in [6.45, 7) is 6.19. The highest BCUT2D eigenvalue weighted by Gasteiger charge is 2.54. The van der Waals surface area contributed by atoms with Crippen molar-refractivity contribution >= 4 is 0 Å². The van der Waals surface area contributed by atoms with E-state index in [1.165, 1.54) is 25.7 Å². The molecular weight excluding hydrogens is 281 g/mol. The van der Waals surface area contributed by atoms with Crippen LogP contribution in [0, 0.1) is 11.8 Å². The maximum Gasteiger partial charge on any atom is 0.522 e. The Kier molecular flexibility index (Phi) is 3.78. The summed E-state index contributed by atoms with van der Waals surface area (Å²) < 4.78 is 40.6. The SMILES string of the molecule is CC1(C2CC2)CN(CCOC(F)(F)F)C(C)(C2CC2)CN1. The first-order chi connectivity index (χ1) is 9.73. The number of hydrogen-bond donors (Lipinski definition) is 1. The van der Waals surface area contributed by atoms with Gasteiger partial charge in [0.1, 0.15) is 0 Å². The summed E-state index contributed by atoms with van der Waals surface area (Å²) in [6, 6.07) is 0. The van der Waals surface area contributed by atoms with Gasteiger partial charge in [-0.3, -0.25) is 9.64 Å². The average molecular weight is 306 g/mol. The van der Waals surface area contributed by atoms with Crippen LogP contribution in [0.1, 0.15) is 39.5 Å². The van der Waals surface area contributed by atoms with Gasteiger partial charge in [0.15, 0.2) is 0 Å². The van der Waals surface area contributed by atoms with Crippen molar-refractivity contribution in [2.45, 2.75) is 57.0 Å². The number of hydrogen-bond acceptors (Lipinski definition) is 3. The van der Waals surface area contributed by atoms with Gasteiger partial charge in [0.25, 0.3) is 0 Å². The van der Waals surface area contributed by atoms with Crippen LogP contribution in [0.4, 0.5) is 13.2 Å². The summed E-state index contributed by atoms with van der Waals surface area (Å²) in [6.07, 6.45) is 0.320. The molecule has 0 amide bonds. The van der Waals surface area contributed by atoms with E-state index in [1.54, 1.807) is 0 Å². The lowest BCUT2D eigenvalue weighted by molar-refractivity contribution is -0.325. The van der Waals surface area contributed by atoms with Crippen molar-refractivity contribution in [3.8, 4) is 0 Å². The minimum absolute atomic E-state index is 0.0244. The van der Waals surface area contributed by atoms with E-state index in [9.17, 15) is 13.2 Å². The van der Waals surface area contributed by atoms with Gasteiger partial charge >= 0.3 is 6.36 Å². The molecule has 1 N–H and O–H groups in total. The number of rotatable bonds is 5. The quantitative estimate of drug-likeness (QED) is 0.845. The maximum absolute atomic E-state index is 12.2. The minimum Gasteiger partial charge on any atom is -0.308 e. The Morgan fingerprint density at radius 2 is 1.76 bits per heavy atom. The van der Waals surface area contributed by atoms with E-state index in [0.717, 1.165) is 13.1 Å². The third-order valence-electron chi connectivity index (χ3n) is 5.65. The van der Waals surface area contributed by atoms with Gasteiger partial charge in [-0.25, -0.2) is 0 Å². The highest BCUT2D eigenvalue weighted by molar-refractivity contribution is 5.11. The first-order valence-corrected chi connectivity index (χ1v) is 7.94. The summed E-state index contributed by atoms with van der Waals surface area (Å²) >= 11 is 0. The van der Waals surface area contributed by atoms with Gasteiger partial charge in [-0.15, -0.1) is 13.2 Å². The summed E-state index contributed by atoms with van der Waals surface area (Å²) in [5.41, 5.74) is 0.0238. The Balaban J connectivity index is 1.65. The molecular formula is C15H25F3N2O. The van der Waals surface area contributed by atoms with E-state index >= 15 is 0 Å². The summed E-state index contributed by atoms with van der Waals surface area (Å²) in [7, 11) is 0. The van der Waals surface area contributed by atoms with E-state index < -0.39 is 6.36 Å². The molecule has 0 aromatic carbocycles. The zero-order valence-electron chi connectivity index (χ0n) is 12.8. The molecule has 3 rings (SSSR count). The normalized spacial score (nSPS) is 38.7. The van der Waals surface area contributed by atoms with Gasteiger partial charge < -0.3 is 5.32 Å². The number of nitrogens with zero attached hydrogens (tertiary/aromatic N) is 1. The third-order valence-corrected chi connectivity index (χ3v) is 5.65. The molecule has 0 aromatic rings.